The number of nitrogens with zero attached hydrogens (tertiary/aromatic N) is 3. The molecule has 84 valence electrons. The molecule has 6 nitrogen and oxygen atoms in total. The lowest BCUT2D eigenvalue weighted by Gasteiger charge is -2.05. The van der Waals surface area contributed by atoms with Gasteiger partial charge in [0.2, 0.25) is 0 Å². The van der Waals surface area contributed by atoms with Crippen LogP contribution in [0.3, 0.4) is 0 Å². The second-order valence-corrected chi connectivity index (χ2v) is 2.71. The van der Waals surface area contributed by atoms with E-state index >= 15 is 0 Å². The van der Waals surface area contributed by atoms with Gasteiger partial charge in [-0.1, -0.05) is 0 Å². The number of carbonyl (C=O) groups is 1. The number of amides is 1. The highest BCUT2D eigenvalue weighted by molar-refractivity contribution is 5.89. The van der Waals surface area contributed by atoms with E-state index in [4.69, 9.17) is 0 Å². The van der Waals surface area contributed by atoms with Crippen molar-refractivity contribution in [3.63, 3.8) is 0 Å². The minimum atomic E-state index is -4.20. The zero-order valence-corrected chi connectivity index (χ0v) is 7.51. The number of nitrogens with one attached hydrogen (secondary N) is 2. The minimum Gasteiger partial charge on any atom is -0.349 e. The molecule has 9 heteroatoms. The zero-order valence-electron chi connectivity index (χ0n) is 7.51. The number of aromatic nitrogens is 4. The first-order chi connectivity index (χ1) is 6.99. The fourth-order valence-corrected chi connectivity index (χ4v) is 0.828. The van der Waals surface area contributed by atoms with Gasteiger partial charge in [0.1, 0.15) is 0 Å². The predicted molar refractivity (Wildman–Crippen MR) is 41.8 cm³/mol. The van der Waals surface area contributed by atoms with Crippen LogP contribution in [-0.2, 0) is 0 Å². The predicted octanol–water partition coefficient (Wildman–Crippen LogP) is 0.272. The first-order valence-corrected chi connectivity index (χ1v) is 4.07. The summed E-state index contributed by atoms with van der Waals surface area (Å²) in [5.74, 6) is -0.840. The van der Waals surface area contributed by atoms with Gasteiger partial charge in [-0.25, -0.2) is 0 Å². The van der Waals surface area contributed by atoms with Crippen LogP contribution in [0.4, 0.5) is 13.2 Å². The summed E-state index contributed by atoms with van der Waals surface area (Å²) in [6.07, 6.45) is -5.30. The third-order valence-electron chi connectivity index (χ3n) is 1.47. The van der Waals surface area contributed by atoms with E-state index in [1.165, 1.54) is 0 Å². The maximum absolute atomic E-state index is 11.7. The summed E-state index contributed by atoms with van der Waals surface area (Å²) in [5.41, 5.74) is 0. The number of H-pyrrole nitrogens is 1. The van der Waals surface area contributed by atoms with Crippen LogP contribution in [-0.4, -0.2) is 39.3 Å². The van der Waals surface area contributed by atoms with E-state index < -0.39 is 18.5 Å². The van der Waals surface area contributed by atoms with E-state index in [2.05, 4.69) is 25.9 Å². The zero-order chi connectivity index (χ0) is 11.3. The second-order valence-electron chi connectivity index (χ2n) is 2.71. The Hall–Kier alpha value is -1.67. The molecule has 1 aromatic heterocycles. The molecule has 0 saturated heterocycles. The van der Waals surface area contributed by atoms with Crippen LogP contribution < -0.4 is 5.32 Å². The summed E-state index contributed by atoms with van der Waals surface area (Å²) < 4.78 is 35.1. The summed E-state index contributed by atoms with van der Waals surface area (Å²) >= 11 is 0. The first kappa shape index (κ1) is 11.4. The fourth-order valence-electron chi connectivity index (χ4n) is 0.828. The van der Waals surface area contributed by atoms with Crippen LogP contribution >= 0.6 is 0 Å². The van der Waals surface area contributed by atoms with E-state index in [1.807, 2.05) is 0 Å². The van der Waals surface area contributed by atoms with Crippen LogP contribution in [0.15, 0.2) is 0 Å². The van der Waals surface area contributed by atoms with Gasteiger partial charge in [-0.15, -0.1) is 10.2 Å². The van der Waals surface area contributed by atoms with E-state index in [0.717, 1.165) is 0 Å². The van der Waals surface area contributed by atoms with E-state index in [1.54, 1.807) is 0 Å². The Morgan fingerprint density at radius 3 is 2.73 bits per heavy atom. The van der Waals surface area contributed by atoms with Crippen LogP contribution in [0.25, 0.3) is 0 Å². The second kappa shape index (κ2) is 4.71. The van der Waals surface area contributed by atoms with E-state index in [9.17, 15) is 18.0 Å². The highest BCUT2D eigenvalue weighted by Gasteiger charge is 2.26. The highest BCUT2D eigenvalue weighted by Crippen LogP contribution is 2.20. The Morgan fingerprint density at radius 1 is 1.47 bits per heavy atom. The molecule has 1 heterocycles. The van der Waals surface area contributed by atoms with Crippen LogP contribution in [0.5, 0.6) is 0 Å². The van der Waals surface area contributed by atoms with E-state index in [0.29, 0.717) is 0 Å². The van der Waals surface area contributed by atoms with Gasteiger partial charge >= 0.3 is 6.18 Å². The molecule has 0 aromatic carbocycles. The summed E-state index contributed by atoms with van der Waals surface area (Å²) in [6, 6.07) is 0. The average molecular weight is 223 g/mol. The first-order valence-electron chi connectivity index (χ1n) is 4.07. The fraction of sp³-hybridized carbons (Fsp3) is 0.667. The maximum Gasteiger partial charge on any atom is 0.389 e. The largest absolute Gasteiger partial charge is 0.389 e. The average Bonchev–Trinajstić information content (AvgIpc) is 2.63. The van der Waals surface area contributed by atoms with Crippen molar-refractivity contribution in [3.8, 4) is 0 Å². The SMILES string of the molecule is O=C(NCCCC(F)(F)F)c1nn[nH]n1. The Labute approximate surface area is 82.2 Å². The number of alkyl halides is 3. The molecule has 0 bridgehead atoms. The van der Waals surface area contributed by atoms with Crippen molar-refractivity contribution < 1.29 is 18.0 Å². The van der Waals surface area contributed by atoms with Gasteiger partial charge in [0.25, 0.3) is 11.7 Å². The molecule has 0 aliphatic rings. The molecule has 15 heavy (non-hydrogen) atoms. The smallest absolute Gasteiger partial charge is 0.349 e. The van der Waals surface area contributed by atoms with Crippen molar-refractivity contribution in [2.45, 2.75) is 19.0 Å². The molecule has 0 atom stereocenters. The number of rotatable bonds is 4. The number of tetrazole rings is 1. The molecule has 0 fully saturated rings. The van der Waals surface area contributed by atoms with Crippen molar-refractivity contribution in [2.24, 2.45) is 0 Å². The Kier molecular flexibility index (Phi) is 3.58. The van der Waals surface area contributed by atoms with Gasteiger partial charge in [-0.2, -0.15) is 18.4 Å². The lowest BCUT2D eigenvalue weighted by molar-refractivity contribution is -0.135. The van der Waals surface area contributed by atoms with E-state index in [-0.39, 0.29) is 18.8 Å². The quantitative estimate of drug-likeness (QED) is 0.718. The topological polar surface area (TPSA) is 83.6 Å². The molecule has 1 amide bonds. The number of carbonyl (C=O) groups excluding carboxylic acids is 1. The molecule has 0 aliphatic carbocycles. The summed E-state index contributed by atoms with van der Waals surface area (Å²) in [5, 5.41) is 14.1. The monoisotopic (exact) mass is 223 g/mol. The van der Waals surface area contributed by atoms with Crippen molar-refractivity contribution in [1.29, 1.82) is 0 Å². The highest BCUT2D eigenvalue weighted by atomic mass is 19.4. The molecule has 1 rings (SSSR count). The molecular weight excluding hydrogens is 215 g/mol. The number of aromatic amines is 1. The molecule has 1 aromatic rings. The third kappa shape index (κ3) is 4.38. The number of halogens is 3. The molecule has 0 saturated carbocycles. The number of hydrogen-bond acceptors (Lipinski definition) is 4. The van der Waals surface area contributed by atoms with Crippen molar-refractivity contribution in [1.82, 2.24) is 25.9 Å². The van der Waals surface area contributed by atoms with Crippen LogP contribution in [0.1, 0.15) is 23.5 Å². The molecular formula is C6H8F3N5O. The van der Waals surface area contributed by atoms with Gasteiger partial charge in [0.15, 0.2) is 0 Å². The van der Waals surface area contributed by atoms with Crippen LogP contribution in [0, 0.1) is 0 Å². The summed E-state index contributed by atoms with van der Waals surface area (Å²) in [7, 11) is 0. The van der Waals surface area contributed by atoms with Crippen molar-refractivity contribution in [3.05, 3.63) is 5.82 Å². The van der Waals surface area contributed by atoms with Gasteiger partial charge in [0.05, 0.1) is 0 Å². The molecule has 2 N–H and O–H groups in total. The number of hydrogen-bond donors (Lipinski definition) is 2. The lowest BCUT2D eigenvalue weighted by atomic mass is 10.3. The van der Waals surface area contributed by atoms with Gasteiger partial charge < -0.3 is 5.32 Å². The molecule has 0 unspecified atom stereocenters. The summed E-state index contributed by atoms with van der Waals surface area (Å²) in [4.78, 5) is 11.1. The molecule has 0 radical (unpaired) electrons. The van der Waals surface area contributed by atoms with Crippen LogP contribution in [0.2, 0.25) is 0 Å². The van der Waals surface area contributed by atoms with Gasteiger partial charge in [0, 0.05) is 13.0 Å². The summed E-state index contributed by atoms with van der Waals surface area (Å²) in [6.45, 7) is -0.0765. The van der Waals surface area contributed by atoms with Crippen molar-refractivity contribution >= 4 is 5.91 Å². The third-order valence-corrected chi connectivity index (χ3v) is 1.47. The van der Waals surface area contributed by atoms with Gasteiger partial charge in [-0.3, -0.25) is 4.79 Å². The Balaban J connectivity index is 2.19. The van der Waals surface area contributed by atoms with Crippen molar-refractivity contribution in [2.75, 3.05) is 6.54 Å². The maximum atomic E-state index is 11.7. The standard InChI is InChI=1S/C6H8F3N5O/c7-6(8,9)2-1-3-10-5(15)4-11-13-14-12-4/h1-3H2,(H,10,15)(H,11,12,13,14). The Morgan fingerprint density at radius 2 is 2.20 bits per heavy atom. The Bertz CT molecular complexity index is 309. The molecule has 0 spiro atoms. The minimum absolute atomic E-state index is 0.0765. The van der Waals surface area contributed by atoms with Gasteiger partial charge in [-0.05, 0) is 11.6 Å². The molecule has 0 aliphatic heterocycles. The normalized spacial score (nSPS) is 11.4. The lowest BCUT2D eigenvalue weighted by Crippen LogP contribution is -2.26.